The van der Waals surface area contributed by atoms with Crippen molar-refractivity contribution in [1.29, 1.82) is 0 Å². The van der Waals surface area contributed by atoms with Crippen molar-refractivity contribution in [2.75, 3.05) is 37.4 Å². The van der Waals surface area contributed by atoms with Crippen molar-refractivity contribution >= 4 is 29.3 Å². The van der Waals surface area contributed by atoms with Gasteiger partial charge < -0.3 is 35.6 Å². The minimum atomic E-state index is -0.566. The Morgan fingerprint density at radius 2 is 1.83 bits per heavy atom. The van der Waals surface area contributed by atoms with Gasteiger partial charge in [0.2, 0.25) is 0 Å². The van der Waals surface area contributed by atoms with Crippen LogP contribution in [0.1, 0.15) is 56.3 Å². The Bertz CT molecular complexity index is 1220. The van der Waals surface area contributed by atoms with Gasteiger partial charge in [-0.2, -0.15) is 0 Å². The fraction of sp³-hybridized carbons (Fsp3) is 0.500. The van der Waals surface area contributed by atoms with E-state index in [4.69, 9.17) is 4.74 Å². The second kappa shape index (κ2) is 13.7. The molecule has 1 aliphatic carbocycles. The number of aliphatic hydroxyl groups is 1. The first-order valence-corrected chi connectivity index (χ1v) is 14.2. The summed E-state index contributed by atoms with van der Waals surface area (Å²) in [5.41, 5.74) is 1.05. The van der Waals surface area contributed by atoms with Crippen molar-refractivity contribution in [2.24, 2.45) is 5.92 Å². The molecule has 2 aromatic carbocycles. The normalized spacial score (nSPS) is 20.1. The topological polar surface area (TPSA) is 123 Å². The van der Waals surface area contributed by atoms with Gasteiger partial charge in [0.25, 0.3) is 5.91 Å². The van der Waals surface area contributed by atoms with Gasteiger partial charge in [-0.1, -0.05) is 32.3 Å². The Hall–Kier alpha value is -3.86. The van der Waals surface area contributed by atoms with Crippen molar-refractivity contribution in [3.63, 3.8) is 0 Å². The van der Waals surface area contributed by atoms with Crippen LogP contribution in [0.2, 0.25) is 0 Å². The largest absolute Gasteiger partial charge is 0.485 e. The molecule has 222 valence electrons. The number of anilines is 2. The smallest absolute Gasteiger partial charge is 0.321 e. The Labute approximate surface area is 240 Å². The molecule has 41 heavy (non-hydrogen) atoms. The van der Waals surface area contributed by atoms with Crippen LogP contribution >= 0.6 is 0 Å². The molecule has 0 aromatic heterocycles. The van der Waals surface area contributed by atoms with E-state index in [1.807, 2.05) is 6.92 Å². The summed E-state index contributed by atoms with van der Waals surface area (Å²) in [4.78, 5) is 42.6. The number of aliphatic hydroxyl groups excluding tert-OH is 1. The van der Waals surface area contributed by atoms with Crippen molar-refractivity contribution in [3.8, 4) is 5.75 Å². The number of hydrogen-bond acceptors (Lipinski definition) is 5. The fourth-order valence-electron chi connectivity index (χ4n) is 5.26. The van der Waals surface area contributed by atoms with Crippen molar-refractivity contribution < 1.29 is 28.6 Å². The van der Waals surface area contributed by atoms with Gasteiger partial charge in [-0.05, 0) is 56.2 Å². The molecule has 4 N–H and O–H groups in total. The van der Waals surface area contributed by atoms with E-state index in [1.54, 1.807) is 37.1 Å². The van der Waals surface area contributed by atoms with Crippen molar-refractivity contribution in [3.05, 3.63) is 53.8 Å². The van der Waals surface area contributed by atoms with Crippen molar-refractivity contribution in [2.45, 2.75) is 64.1 Å². The van der Waals surface area contributed by atoms with E-state index in [9.17, 15) is 23.9 Å². The first-order chi connectivity index (χ1) is 19.7. The summed E-state index contributed by atoms with van der Waals surface area (Å²) in [6.07, 6.45) is 4.60. The number of amides is 5. The molecule has 0 spiro atoms. The minimum Gasteiger partial charge on any atom is -0.485 e. The molecule has 2 aromatic rings. The van der Waals surface area contributed by atoms with Crippen LogP contribution < -0.4 is 20.7 Å². The van der Waals surface area contributed by atoms with Crippen LogP contribution in [-0.4, -0.2) is 77.8 Å². The number of rotatable bonds is 7. The number of hydrogen-bond donors (Lipinski definition) is 4. The average Bonchev–Trinajstić information content (AvgIpc) is 2.96. The van der Waals surface area contributed by atoms with E-state index in [-0.39, 0.29) is 54.9 Å². The summed E-state index contributed by atoms with van der Waals surface area (Å²) in [5.74, 6) is -0.743. The van der Waals surface area contributed by atoms with E-state index in [0.29, 0.717) is 11.4 Å². The number of urea groups is 2. The molecule has 2 aliphatic rings. The standard InChI is InChI=1S/C30H40FN5O5/c1-19-16-36(20(2)18-37)28(38)24-10-7-11-25(34-29(39)32-22-8-5-4-6-9-22)27(24)41-26(19)17-35(3)30(40)33-23-14-12-21(31)13-15-23/h7,10-15,19-20,22,26,37H,4-6,8-9,16-18H2,1-3H3,(H,33,40)(H2,32,34,39)/t19-,20-,26-/m1/s1. The number of benzene rings is 2. The summed E-state index contributed by atoms with van der Waals surface area (Å²) in [6, 6.07) is 9.33. The zero-order valence-corrected chi connectivity index (χ0v) is 23.9. The maximum absolute atomic E-state index is 13.7. The number of carbonyl (C=O) groups is 3. The molecule has 1 saturated carbocycles. The summed E-state index contributed by atoms with van der Waals surface area (Å²) < 4.78 is 19.8. The van der Waals surface area contributed by atoms with Gasteiger partial charge >= 0.3 is 12.1 Å². The summed E-state index contributed by atoms with van der Waals surface area (Å²) in [7, 11) is 1.62. The molecule has 1 fully saturated rings. The van der Waals surface area contributed by atoms with E-state index in [1.165, 1.54) is 35.6 Å². The molecule has 1 aliphatic heterocycles. The molecular formula is C30H40FN5O5. The number of nitrogens with zero attached hydrogens (tertiary/aromatic N) is 2. The lowest BCUT2D eigenvalue weighted by Crippen LogP contribution is -2.50. The van der Waals surface area contributed by atoms with Gasteiger partial charge in [0.1, 0.15) is 11.9 Å². The maximum atomic E-state index is 13.7. The Morgan fingerprint density at radius 3 is 2.51 bits per heavy atom. The number of ether oxygens (including phenoxy) is 1. The highest BCUT2D eigenvalue weighted by molar-refractivity contribution is 6.01. The highest BCUT2D eigenvalue weighted by atomic mass is 19.1. The SMILES string of the molecule is C[C@@H]1CN([C@H](C)CO)C(=O)c2cccc(NC(=O)NC3CCCCC3)c2O[C@@H]1CN(C)C(=O)Nc1ccc(F)cc1. The molecule has 0 radical (unpaired) electrons. The number of fused-ring (bicyclic) bond motifs is 1. The monoisotopic (exact) mass is 569 g/mol. The van der Waals surface area contributed by atoms with E-state index in [2.05, 4.69) is 16.0 Å². The Balaban J connectivity index is 1.58. The van der Waals surface area contributed by atoms with Crippen LogP contribution in [0.15, 0.2) is 42.5 Å². The van der Waals surface area contributed by atoms with Crippen LogP contribution in [0, 0.1) is 11.7 Å². The first kappa shape index (κ1) is 30.1. The van der Waals surface area contributed by atoms with E-state index >= 15 is 0 Å². The molecule has 11 heteroatoms. The summed E-state index contributed by atoms with van der Waals surface area (Å²) in [6.45, 7) is 3.91. The lowest BCUT2D eigenvalue weighted by Gasteiger charge is -2.38. The number of carbonyl (C=O) groups excluding carboxylic acids is 3. The third-order valence-corrected chi connectivity index (χ3v) is 7.78. The van der Waals surface area contributed by atoms with Gasteiger partial charge in [-0.3, -0.25) is 4.79 Å². The Kier molecular flexibility index (Phi) is 10.0. The molecule has 3 atom stereocenters. The fourth-order valence-corrected chi connectivity index (χ4v) is 5.26. The van der Waals surface area contributed by atoms with Crippen molar-refractivity contribution in [1.82, 2.24) is 15.1 Å². The molecule has 5 amide bonds. The molecule has 4 rings (SSSR count). The van der Waals surface area contributed by atoms with Gasteiger partial charge in [0.05, 0.1) is 30.4 Å². The molecule has 0 unspecified atom stereocenters. The zero-order valence-electron chi connectivity index (χ0n) is 23.9. The van der Waals surface area contributed by atoms with Gasteiger partial charge in [-0.25, -0.2) is 14.0 Å². The summed E-state index contributed by atoms with van der Waals surface area (Å²) >= 11 is 0. The number of likely N-dealkylation sites (N-methyl/N-ethyl adjacent to an activating group) is 1. The highest BCUT2D eigenvalue weighted by Gasteiger charge is 2.35. The van der Waals surface area contributed by atoms with Crippen LogP contribution in [0.4, 0.5) is 25.4 Å². The lowest BCUT2D eigenvalue weighted by atomic mass is 9.96. The lowest BCUT2D eigenvalue weighted by molar-refractivity contribution is 0.0373. The van der Waals surface area contributed by atoms with Crippen LogP contribution in [0.5, 0.6) is 5.75 Å². The predicted octanol–water partition coefficient (Wildman–Crippen LogP) is 4.66. The highest BCUT2D eigenvalue weighted by Crippen LogP contribution is 2.35. The average molecular weight is 570 g/mol. The maximum Gasteiger partial charge on any atom is 0.321 e. The Morgan fingerprint density at radius 1 is 1.12 bits per heavy atom. The zero-order chi connectivity index (χ0) is 29.5. The molecule has 0 bridgehead atoms. The summed E-state index contributed by atoms with van der Waals surface area (Å²) in [5, 5.41) is 18.5. The van der Waals surface area contributed by atoms with Crippen LogP contribution in [0.25, 0.3) is 0 Å². The molecule has 0 saturated heterocycles. The third-order valence-electron chi connectivity index (χ3n) is 7.78. The van der Waals surface area contributed by atoms with Crippen LogP contribution in [-0.2, 0) is 0 Å². The molecular weight excluding hydrogens is 529 g/mol. The van der Waals surface area contributed by atoms with Crippen LogP contribution in [0.3, 0.4) is 0 Å². The molecule has 10 nitrogen and oxygen atoms in total. The quantitative estimate of drug-likeness (QED) is 0.386. The minimum absolute atomic E-state index is 0.0961. The number of halogens is 1. The third kappa shape index (κ3) is 7.66. The second-order valence-electron chi connectivity index (χ2n) is 11.1. The number of nitrogens with one attached hydrogen (secondary N) is 3. The van der Waals surface area contributed by atoms with Gasteiger partial charge in [0.15, 0.2) is 5.75 Å². The predicted molar refractivity (Wildman–Crippen MR) is 155 cm³/mol. The van der Waals surface area contributed by atoms with E-state index in [0.717, 1.165) is 25.7 Å². The van der Waals surface area contributed by atoms with E-state index < -0.39 is 24.0 Å². The molecule has 1 heterocycles. The number of para-hydroxylation sites is 1. The first-order valence-electron chi connectivity index (χ1n) is 14.2. The second-order valence-corrected chi connectivity index (χ2v) is 11.1. The van der Waals surface area contributed by atoms with Gasteiger partial charge in [0, 0.05) is 31.2 Å². The van der Waals surface area contributed by atoms with Gasteiger partial charge in [-0.15, -0.1) is 0 Å².